The van der Waals surface area contributed by atoms with Crippen LogP contribution in [0.3, 0.4) is 0 Å². The average Bonchev–Trinajstić information content (AvgIpc) is 3.10. The minimum Gasteiger partial charge on any atom is -0.310 e. The Labute approximate surface area is 177 Å². The van der Waals surface area contributed by atoms with Crippen LogP contribution in [0.15, 0.2) is 78.9 Å². The molecule has 0 atom stereocenters. The number of aromatic nitrogens is 1. The summed E-state index contributed by atoms with van der Waals surface area (Å²) in [5.41, 5.74) is 12.7. The molecule has 0 aliphatic carbocycles. The van der Waals surface area contributed by atoms with Gasteiger partial charge in [-0.25, -0.2) is 0 Å². The lowest BCUT2D eigenvalue weighted by Gasteiger charge is -2.41. The zero-order valence-corrected chi connectivity index (χ0v) is 17.5. The molecule has 0 unspecified atom stereocenters. The minimum absolute atomic E-state index is 0.0189. The third kappa shape index (κ3) is 1.77. The Morgan fingerprint density at radius 3 is 2.43 bits per heavy atom. The fourth-order valence-electron chi connectivity index (χ4n) is 6.19. The maximum Gasteiger partial charge on any atom is 0.247 e. The van der Waals surface area contributed by atoms with Crippen LogP contribution in [0.1, 0.15) is 30.5 Å². The van der Waals surface area contributed by atoms with Gasteiger partial charge in [-0.2, -0.15) is 0 Å². The molecule has 0 spiro atoms. The molecule has 3 heterocycles. The summed E-state index contributed by atoms with van der Waals surface area (Å²) >= 11 is 0. The number of fused-ring (bicyclic) bond motifs is 8. The molecule has 0 bridgehead atoms. The number of hydrogen-bond donors (Lipinski definition) is 0. The zero-order chi connectivity index (χ0) is 20.2. The van der Waals surface area contributed by atoms with Crippen molar-refractivity contribution >= 4 is 44.9 Å². The van der Waals surface area contributed by atoms with Crippen LogP contribution in [0.4, 0.5) is 0 Å². The van der Waals surface area contributed by atoms with Crippen LogP contribution in [0, 0.1) is 6.92 Å². The molecule has 30 heavy (non-hydrogen) atoms. The van der Waals surface area contributed by atoms with Crippen LogP contribution in [-0.4, -0.2) is 11.3 Å². The van der Waals surface area contributed by atoms with Crippen LogP contribution in [0.2, 0.25) is 0 Å². The normalized spacial score (nSPS) is 15.4. The summed E-state index contributed by atoms with van der Waals surface area (Å²) in [6.07, 6.45) is 0. The first-order valence-electron chi connectivity index (χ1n) is 10.8. The molecule has 1 nitrogen and oxygen atoms in total. The Morgan fingerprint density at radius 1 is 0.733 bits per heavy atom. The monoisotopic (exact) mass is 383 g/mol. The molecular formula is C28H22BN. The van der Waals surface area contributed by atoms with E-state index in [1.54, 1.807) is 0 Å². The van der Waals surface area contributed by atoms with E-state index in [0.717, 1.165) is 0 Å². The van der Waals surface area contributed by atoms with E-state index in [1.165, 1.54) is 60.6 Å². The summed E-state index contributed by atoms with van der Waals surface area (Å²) in [6, 6.07) is 29.7. The minimum atomic E-state index is -0.0189. The highest BCUT2D eigenvalue weighted by molar-refractivity contribution is 6.99. The maximum absolute atomic E-state index is 2.52. The van der Waals surface area contributed by atoms with Gasteiger partial charge in [-0.1, -0.05) is 91.6 Å². The fraction of sp³-hybridized carbons (Fsp3) is 0.143. The van der Waals surface area contributed by atoms with Gasteiger partial charge in [-0.05, 0) is 41.1 Å². The van der Waals surface area contributed by atoms with E-state index < -0.39 is 0 Å². The van der Waals surface area contributed by atoms with Gasteiger partial charge in [0.25, 0.3) is 0 Å². The largest absolute Gasteiger partial charge is 0.310 e. The molecule has 142 valence electrons. The molecule has 2 aliphatic heterocycles. The zero-order valence-electron chi connectivity index (χ0n) is 17.5. The molecule has 0 saturated heterocycles. The first kappa shape index (κ1) is 16.5. The third-order valence-corrected chi connectivity index (χ3v) is 7.52. The second kappa shape index (κ2) is 5.26. The summed E-state index contributed by atoms with van der Waals surface area (Å²) in [6.45, 7) is 7.29. The molecule has 0 fully saturated rings. The van der Waals surface area contributed by atoms with Crippen LogP contribution in [0.5, 0.6) is 0 Å². The van der Waals surface area contributed by atoms with Crippen molar-refractivity contribution in [1.29, 1.82) is 0 Å². The van der Waals surface area contributed by atoms with Gasteiger partial charge in [-0.15, -0.1) is 0 Å². The lowest BCUT2D eigenvalue weighted by molar-refractivity contribution is 0.646. The number of nitrogens with zero attached hydrogens (tertiary/aromatic N) is 1. The summed E-state index contributed by atoms with van der Waals surface area (Å²) < 4.78 is 2.52. The smallest absolute Gasteiger partial charge is 0.247 e. The van der Waals surface area contributed by atoms with Crippen molar-refractivity contribution in [3.05, 3.63) is 95.6 Å². The number of benzene rings is 4. The van der Waals surface area contributed by atoms with E-state index in [-0.39, 0.29) is 5.41 Å². The van der Waals surface area contributed by atoms with Crippen molar-refractivity contribution in [3.63, 3.8) is 0 Å². The van der Waals surface area contributed by atoms with Gasteiger partial charge < -0.3 is 4.57 Å². The van der Waals surface area contributed by atoms with Gasteiger partial charge in [0.05, 0.1) is 5.52 Å². The van der Waals surface area contributed by atoms with Crippen molar-refractivity contribution in [2.24, 2.45) is 0 Å². The molecule has 0 amide bonds. The number of rotatable bonds is 0. The predicted molar refractivity (Wildman–Crippen MR) is 129 cm³/mol. The Hall–Kier alpha value is -3.26. The summed E-state index contributed by atoms with van der Waals surface area (Å²) in [5.74, 6) is 0. The molecule has 1 aromatic heterocycles. The van der Waals surface area contributed by atoms with Gasteiger partial charge in [-0.3, -0.25) is 0 Å². The number of hydrogen-bond acceptors (Lipinski definition) is 0. The molecule has 0 radical (unpaired) electrons. The molecule has 2 aliphatic rings. The molecule has 7 rings (SSSR count). The summed E-state index contributed by atoms with van der Waals surface area (Å²) in [7, 11) is 0. The first-order valence-corrected chi connectivity index (χ1v) is 10.8. The Kier molecular flexibility index (Phi) is 2.90. The van der Waals surface area contributed by atoms with Crippen LogP contribution < -0.4 is 16.4 Å². The highest BCUT2D eigenvalue weighted by atomic mass is 15.0. The highest BCUT2D eigenvalue weighted by Crippen LogP contribution is 2.40. The molecule has 0 saturated carbocycles. The standard InChI is InChI=1S/C28H22BN/c1-17-12-15-22-21(16-17)28(2,3)20-14-13-19-18-8-4-6-10-24(18)30-25-11-7-5-9-23(25)29(22)26(20)27(19)30/h4-16H,1-3H3. The van der Waals surface area contributed by atoms with E-state index in [2.05, 4.69) is 104 Å². The van der Waals surface area contributed by atoms with Crippen molar-refractivity contribution in [1.82, 2.24) is 4.57 Å². The third-order valence-electron chi connectivity index (χ3n) is 7.52. The van der Waals surface area contributed by atoms with Crippen molar-refractivity contribution in [3.8, 4) is 5.69 Å². The predicted octanol–water partition coefficient (Wildman–Crippen LogP) is 4.56. The molecule has 2 heteroatoms. The summed E-state index contributed by atoms with van der Waals surface area (Å²) in [5, 5.41) is 2.72. The maximum atomic E-state index is 2.52. The SMILES string of the molecule is Cc1ccc2c(c1)C(C)(C)c1ccc3c4ccccc4n4c3c1B2c1ccccc1-4. The van der Waals surface area contributed by atoms with Gasteiger partial charge in [0.2, 0.25) is 6.71 Å². The summed E-state index contributed by atoms with van der Waals surface area (Å²) in [4.78, 5) is 0. The Balaban J connectivity index is 1.77. The number of aryl methyl sites for hydroxylation is 1. The van der Waals surface area contributed by atoms with Gasteiger partial charge in [0.15, 0.2) is 0 Å². The number of para-hydroxylation sites is 2. The van der Waals surface area contributed by atoms with Gasteiger partial charge in [0.1, 0.15) is 0 Å². The van der Waals surface area contributed by atoms with E-state index >= 15 is 0 Å². The van der Waals surface area contributed by atoms with Gasteiger partial charge in [0, 0.05) is 27.4 Å². The molecule has 5 aromatic rings. The van der Waals surface area contributed by atoms with Crippen LogP contribution in [0.25, 0.3) is 27.5 Å². The molecule has 4 aromatic carbocycles. The Bertz CT molecular complexity index is 1540. The average molecular weight is 383 g/mol. The second-order valence-corrected chi connectivity index (χ2v) is 9.48. The van der Waals surface area contributed by atoms with E-state index in [9.17, 15) is 0 Å². The lowest BCUT2D eigenvalue weighted by atomic mass is 9.30. The highest BCUT2D eigenvalue weighted by Gasteiger charge is 2.44. The molecule has 0 N–H and O–H groups in total. The van der Waals surface area contributed by atoms with Crippen molar-refractivity contribution < 1.29 is 0 Å². The van der Waals surface area contributed by atoms with E-state index in [4.69, 9.17) is 0 Å². The Morgan fingerprint density at radius 2 is 1.53 bits per heavy atom. The van der Waals surface area contributed by atoms with Crippen LogP contribution >= 0.6 is 0 Å². The van der Waals surface area contributed by atoms with Crippen LogP contribution in [-0.2, 0) is 5.41 Å². The quantitative estimate of drug-likeness (QED) is 0.339. The van der Waals surface area contributed by atoms with Crippen molar-refractivity contribution in [2.45, 2.75) is 26.2 Å². The topological polar surface area (TPSA) is 4.93 Å². The van der Waals surface area contributed by atoms with E-state index in [0.29, 0.717) is 6.71 Å². The first-order chi connectivity index (χ1) is 14.6. The van der Waals surface area contributed by atoms with Gasteiger partial charge >= 0.3 is 0 Å². The lowest BCUT2D eigenvalue weighted by Crippen LogP contribution is -2.63. The second-order valence-electron chi connectivity index (χ2n) is 9.48. The molecular weight excluding hydrogens is 361 g/mol. The fourth-order valence-corrected chi connectivity index (χ4v) is 6.19. The van der Waals surface area contributed by atoms with Crippen molar-refractivity contribution in [2.75, 3.05) is 0 Å². The van der Waals surface area contributed by atoms with E-state index in [1.807, 2.05) is 0 Å².